The van der Waals surface area contributed by atoms with Crippen LogP contribution in [0.25, 0.3) is 0 Å². The van der Waals surface area contributed by atoms with Crippen molar-refractivity contribution in [1.82, 2.24) is 4.90 Å². The molecule has 0 aliphatic heterocycles. The summed E-state index contributed by atoms with van der Waals surface area (Å²) >= 11 is 12.4. The quantitative estimate of drug-likeness (QED) is 0.236. The minimum atomic E-state index is -1.09. The van der Waals surface area contributed by atoms with E-state index in [1.165, 1.54) is 0 Å². The maximum absolute atomic E-state index is 11.9. The third-order valence-corrected chi connectivity index (χ3v) is 4.56. The Morgan fingerprint density at radius 2 is 2.04 bits per heavy atom. The monoisotopic (exact) mass is 417 g/mol. The summed E-state index contributed by atoms with van der Waals surface area (Å²) in [5, 5.41) is 10.8. The Balaban J connectivity index is 3.31. The molecular formula is C21H24BCl2N2O2. The standard InChI is InChI=1S/C21H24BCl2N2O2/c1-6-7-8-18(14(2)3)22-13-26(20(21(27)28)15(4)25-5)12-16-11-17(23)9-10-19(16)24/h6-11H,2,5,12-13H2,1,3-4H3,(H,27,28)/b7-6-,18-8+,20-15-. The molecule has 0 atom stereocenters. The van der Waals surface area contributed by atoms with Gasteiger partial charge in [0.1, 0.15) is 5.70 Å². The number of aliphatic imine (C=N–C) groups is 1. The predicted molar refractivity (Wildman–Crippen MR) is 120 cm³/mol. The largest absolute Gasteiger partial charge is 0.477 e. The van der Waals surface area contributed by atoms with Crippen molar-refractivity contribution in [1.29, 1.82) is 0 Å². The Kier molecular flexibility index (Phi) is 9.84. The van der Waals surface area contributed by atoms with Crippen molar-refractivity contribution in [2.45, 2.75) is 27.3 Å². The van der Waals surface area contributed by atoms with E-state index < -0.39 is 5.97 Å². The molecule has 0 heterocycles. The first kappa shape index (κ1) is 23.8. The first-order valence-corrected chi connectivity index (χ1v) is 9.38. The molecule has 0 amide bonds. The highest BCUT2D eigenvalue weighted by molar-refractivity contribution is 6.47. The zero-order valence-corrected chi connectivity index (χ0v) is 17.9. The average Bonchev–Trinajstić information content (AvgIpc) is 2.63. The van der Waals surface area contributed by atoms with Gasteiger partial charge in [-0.2, -0.15) is 0 Å². The number of carboxylic acid groups (broad SMARTS) is 1. The van der Waals surface area contributed by atoms with Crippen LogP contribution in [-0.2, 0) is 11.3 Å². The molecule has 28 heavy (non-hydrogen) atoms. The normalized spacial score (nSPS) is 12.5. The van der Waals surface area contributed by atoms with Gasteiger partial charge >= 0.3 is 5.97 Å². The fourth-order valence-corrected chi connectivity index (χ4v) is 2.86. The van der Waals surface area contributed by atoms with E-state index in [2.05, 4.69) is 18.3 Å². The van der Waals surface area contributed by atoms with Crippen molar-refractivity contribution in [3.63, 3.8) is 0 Å². The van der Waals surface area contributed by atoms with Crippen molar-refractivity contribution >= 4 is 43.2 Å². The number of benzene rings is 1. The SMILES string of the molecule is C=N/C(C)=C(/C(=O)O)N(C[B]/C(=C/C=C\C)C(=C)C)Cc1cc(Cl)ccc1Cl. The molecule has 147 valence electrons. The molecule has 0 aliphatic carbocycles. The molecule has 0 bridgehead atoms. The number of nitrogens with zero attached hydrogens (tertiary/aromatic N) is 2. The summed E-state index contributed by atoms with van der Waals surface area (Å²) in [4.78, 5) is 17.4. The molecule has 0 saturated carbocycles. The molecule has 0 unspecified atom stereocenters. The number of aliphatic carboxylic acids is 1. The summed E-state index contributed by atoms with van der Waals surface area (Å²) in [6.45, 7) is 13.1. The lowest BCUT2D eigenvalue weighted by Crippen LogP contribution is -2.32. The van der Waals surface area contributed by atoms with E-state index in [0.717, 1.165) is 11.0 Å². The van der Waals surface area contributed by atoms with Crippen molar-refractivity contribution in [3.8, 4) is 0 Å². The van der Waals surface area contributed by atoms with E-state index in [0.29, 0.717) is 27.7 Å². The Morgan fingerprint density at radius 3 is 2.57 bits per heavy atom. The van der Waals surface area contributed by atoms with Crippen LogP contribution in [-0.4, -0.2) is 36.4 Å². The average molecular weight is 418 g/mol. The van der Waals surface area contributed by atoms with E-state index in [9.17, 15) is 9.90 Å². The molecule has 0 saturated heterocycles. The summed E-state index contributed by atoms with van der Waals surface area (Å²) in [6.07, 6.45) is 6.06. The van der Waals surface area contributed by atoms with Gasteiger partial charge in [-0.25, -0.2) is 4.79 Å². The molecule has 4 nitrogen and oxygen atoms in total. The van der Waals surface area contributed by atoms with Gasteiger partial charge in [0.2, 0.25) is 0 Å². The van der Waals surface area contributed by atoms with Crippen molar-refractivity contribution in [3.05, 3.63) is 81.1 Å². The van der Waals surface area contributed by atoms with E-state index in [4.69, 9.17) is 23.2 Å². The molecule has 1 N–H and O–H groups in total. The molecule has 0 aromatic heterocycles. The minimum Gasteiger partial charge on any atom is -0.477 e. The van der Waals surface area contributed by atoms with E-state index in [1.54, 1.807) is 30.0 Å². The van der Waals surface area contributed by atoms with Crippen LogP contribution < -0.4 is 0 Å². The van der Waals surface area contributed by atoms with Crippen molar-refractivity contribution < 1.29 is 9.90 Å². The molecule has 0 aliphatic rings. The highest BCUT2D eigenvalue weighted by Crippen LogP contribution is 2.25. The van der Waals surface area contributed by atoms with Crippen LogP contribution in [0.15, 0.2) is 70.4 Å². The summed E-state index contributed by atoms with van der Waals surface area (Å²) < 4.78 is 0. The van der Waals surface area contributed by atoms with Gasteiger partial charge in [0.25, 0.3) is 0 Å². The van der Waals surface area contributed by atoms with Crippen molar-refractivity contribution in [2.24, 2.45) is 4.99 Å². The summed E-state index contributed by atoms with van der Waals surface area (Å²) in [7, 11) is 1.92. The topological polar surface area (TPSA) is 52.9 Å². The Bertz CT molecular complexity index is 845. The lowest BCUT2D eigenvalue weighted by atomic mass is 9.66. The number of carboxylic acids is 1. The van der Waals surface area contributed by atoms with Gasteiger partial charge in [-0.05, 0) is 57.7 Å². The van der Waals surface area contributed by atoms with Gasteiger partial charge in [0.15, 0.2) is 7.28 Å². The van der Waals surface area contributed by atoms with Gasteiger partial charge in [0, 0.05) is 16.6 Å². The van der Waals surface area contributed by atoms with Crippen LogP contribution in [0.5, 0.6) is 0 Å². The Hall–Kier alpha value is -2.24. The number of allylic oxidation sites excluding steroid dienone is 6. The molecule has 0 spiro atoms. The Labute approximate surface area is 177 Å². The molecule has 1 aromatic carbocycles. The molecule has 0 fully saturated rings. The number of carbonyl (C=O) groups is 1. The smallest absolute Gasteiger partial charge is 0.354 e. The lowest BCUT2D eigenvalue weighted by Gasteiger charge is -2.27. The minimum absolute atomic E-state index is 0.0504. The second-order valence-corrected chi connectivity index (χ2v) is 6.99. The van der Waals surface area contributed by atoms with Crippen LogP contribution in [0.2, 0.25) is 10.0 Å². The van der Waals surface area contributed by atoms with Crippen LogP contribution >= 0.6 is 23.2 Å². The summed E-state index contributed by atoms with van der Waals surface area (Å²) in [5.74, 6) is -1.09. The van der Waals surface area contributed by atoms with Gasteiger partial charge in [-0.3, -0.25) is 4.99 Å². The summed E-state index contributed by atoms with van der Waals surface area (Å²) in [5.41, 5.74) is 2.86. The Morgan fingerprint density at radius 1 is 1.36 bits per heavy atom. The highest BCUT2D eigenvalue weighted by atomic mass is 35.5. The van der Waals surface area contributed by atoms with E-state index in [-0.39, 0.29) is 12.2 Å². The molecule has 1 aromatic rings. The number of halogens is 2. The van der Waals surface area contributed by atoms with Crippen LogP contribution in [0.3, 0.4) is 0 Å². The maximum Gasteiger partial charge on any atom is 0.354 e. The highest BCUT2D eigenvalue weighted by Gasteiger charge is 2.21. The molecule has 1 radical (unpaired) electrons. The van der Waals surface area contributed by atoms with Crippen LogP contribution in [0.4, 0.5) is 0 Å². The summed E-state index contributed by atoms with van der Waals surface area (Å²) in [6, 6.07) is 5.10. The van der Waals surface area contributed by atoms with E-state index in [1.807, 2.05) is 39.4 Å². The second-order valence-electron chi connectivity index (χ2n) is 6.15. The third-order valence-electron chi connectivity index (χ3n) is 3.96. The zero-order valence-electron chi connectivity index (χ0n) is 16.4. The van der Waals surface area contributed by atoms with Crippen LogP contribution in [0.1, 0.15) is 26.3 Å². The van der Waals surface area contributed by atoms with Crippen LogP contribution in [0, 0.1) is 0 Å². The zero-order chi connectivity index (χ0) is 21.3. The van der Waals surface area contributed by atoms with Crippen molar-refractivity contribution in [2.75, 3.05) is 6.44 Å². The molecular weight excluding hydrogens is 394 g/mol. The third kappa shape index (κ3) is 7.06. The van der Waals surface area contributed by atoms with Gasteiger partial charge in [-0.1, -0.05) is 59.1 Å². The first-order valence-electron chi connectivity index (χ1n) is 8.63. The fourth-order valence-electron chi connectivity index (χ4n) is 2.49. The van der Waals surface area contributed by atoms with E-state index >= 15 is 0 Å². The molecule has 7 heteroatoms. The fraction of sp³-hybridized carbons (Fsp3) is 0.238. The van der Waals surface area contributed by atoms with Gasteiger partial charge in [-0.15, -0.1) is 0 Å². The number of rotatable bonds is 10. The number of hydrogen-bond donors (Lipinski definition) is 1. The lowest BCUT2D eigenvalue weighted by molar-refractivity contribution is -0.134. The second kappa shape index (κ2) is 11.6. The predicted octanol–water partition coefficient (Wildman–Crippen LogP) is 5.51. The first-order chi connectivity index (χ1) is 13.2. The van der Waals surface area contributed by atoms with Gasteiger partial charge < -0.3 is 10.0 Å². The molecule has 1 rings (SSSR count). The number of hydrogen-bond acceptors (Lipinski definition) is 3. The van der Waals surface area contributed by atoms with Gasteiger partial charge in [0.05, 0.1) is 5.70 Å². The maximum atomic E-state index is 11.9.